The lowest BCUT2D eigenvalue weighted by atomic mass is 10.4. The van der Waals surface area contributed by atoms with Crippen LogP contribution < -0.4 is 0 Å². The number of nitrogens with zero attached hydrogens (tertiary/aromatic N) is 2. The summed E-state index contributed by atoms with van der Waals surface area (Å²) in [5.74, 6) is 0.259. The zero-order valence-electron chi connectivity index (χ0n) is 10.1. The SMILES string of the molecule is CC(SC(=S)N1CCOCC1)N1CCCC1=O. The number of carbonyl (C=O) groups excluding carboxylic acids is 1. The van der Waals surface area contributed by atoms with Crippen LogP contribution >= 0.6 is 24.0 Å². The minimum absolute atomic E-state index is 0.153. The number of ether oxygens (including phenoxy) is 1. The third kappa shape index (κ3) is 3.33. The Morgan fingerprint density at radius 1 is 1.41 bits per heavy atom. The van der Waals surface area contributed by atoms with Gasteiger partial charge in [-0.1, -0.05) is 24.0 Å². The second-order valence-electron chi connectivity index (χ2n) is 4.27. The Morgan fingerprint density at radius 2 is 2.12 bits per heavy atom. The zero-order valence-corrected chi connectivity index (χ0v) is 11.7. The van der Waals surface area contributed by atoms with Crippen molar-refractivity contribution in [1.29, 1.82) is 0 Å². The molecule has 0 N–H and O–H groups in total. The van der Waals surface area contributed by atoms with E-state index < -0.39 is 0 Å². The second-order valence-corrected chi connectivity index (χ2v) is 6.22. The summed E-state index contributed by atoms with van der Waals surface area (Å²) in [7, 11) is 0. The van der Waals surface area contributed by atoms with Crippen LogP contribution in [0, 0.1) is 0 Å². The van der Waals surface area contributed by atoms with Gasteiger partial charge in [0.1, 0.15) is 4.32 Å². The number of likely N-dealkylation sites (tertiary alicyclic amines) is 1. The lowest BCUT2D eigenvalue weighted by Gasteiger charge is -2.31. The molecule has 0 aliphatic carbocycles. The normalized spacial score (nSPS) is 23.0. The lowest BCUT2D eigenvalue weighted by molar-refractivity contribution is -0.128. The maximum Gasteiger partial charge on any atom is 0.223 e. The molecule has 0 saturated carbocycles. The van der Waals surface area contributed by atoms with Crippen molar-refractivity contribution in [2.75, 3.05) is 32.8 Å². The van der Waals surface area contributed by atoms with Crippen molar-refractivity contribution in [3.05, 3.63) is 0 Å². The fourth-order valence-electron chi connectivity index (χ4n) is 2.08. The molecule has 2 heterocycles. The van der Waals surface area contributed by atoms with Crippen LogP contribution in [0.15, 0.2) is 0 Å². The van der Waals surface area contributed by atoms with E-state index in [0.717, 1.165) is 43.6 Å². The molecule has 1 unspecified atom stereocenters. The molecule has 2 fully saturated rings. The Kier molecular flexibility index (Phi) is 4.64. The maximum atomic E-state index is 11.6. The van der Waals surface area contributed by atoms with Gasteiger partial charge in [0.2, 0.25) is 5.91 Å². The average Bonchev–Trinajstić information content (AvgIpc) is 2.76. The van der Waals surface area contributed by atoms with Gasteiger partial charge in [-0.15, -0.1) is 0 Å². The van der Waals surface area contributed by atoms with E-state index in [0.29, 0.717) is 6.42 Å². The third-order valence-corrected chi connectivity index (χ3v) is 4.69. The highest BCUT2D eigenvalue weighted by atomic mass is 32.2. The summed E-state index contributed by atoms with van der Waals surface area (Å²) in [6.45, 7) is 6.16. The van der Waals surface area contributed by atoms with E-state index in [4.69, 9.17) is 17.0 Å². The molecule has 2 saturated heterocycles. The smallest absolute Gasteiger partial charge is 0.223 e. The topological polar surface area (TPSA) is 32.8 Å². The summed E-state index contributed by atoms with van der Waals surface area (Å²) in [5.41, 5.74) is 0. The van der Waals surface area contributed by atoms with Crippen LogP contribution in [0.2, 0.25) is 0 Å². The predicted octanol–water partition coefficient (Wildman–Crippen LogP) is 1.31. The molecule has 0 aromatic carbocycles. The molecule has 96 valence electrons. The van der Waals surface area contributed by atoms with Crippen molar-refractivity contribution in [3.8, 4) is 0 Å². The standard InChI is InChI=1S/C11H18N2O2S2/c1-9(13-4-2-3-10(13)14)17-11(16)12-5-7-15-8-6-12/h9H,2-8H2,1H3. The van der Waals surface area contributed by atoms with Crippen LogP contribution in [0.1, 0.15) is 19.8 Å². The van der Waals surface area contributed by atoms with Crippen LogP contribution in [0.4, 0.5) is 0 Å². The average molecular weight is 274 g/mol. The second kappa shape index (κ2) is 6.02. The van der Waals surface area contributed by atoms with Crippen molar-refractivity contribution in [2.24, 2.45) is 0 Å². The summed E-state index contributed by atoms with van der Waals surface area (Å²) in [6, 6.07) is 0. The minimum atomic E-state index is 0.153. The highest BCUT2D eigenvalue weighted by Gasteiger charge is 2.27. The maximum absolute atomic E-state index is 11.6. The van der Waals surface area contributed by atoms with Gasteiger partial charge in [0.05, 0.1) is 18.6 Å². The highest BCUT2D eigenvalue weighted by molar-refractivity contribution is 8.23. The first-order valence-electron chi connectivity index (χ1n) is 6.01. The molecule has 0 bridgehead atoms. The van der Waals surface area contributed by atoms with Crippen LogP contribution in [0.5, 0.6) is 0 Å². The molecule has 1 amide bonds. The van der Waals surface area contributed by atoms with E-state index in [2.05, 4.69) is 11.8 Å². The van der Waals surface area contributed by atoms with Crippen molar-refractivity contribution >= 4 is 34.2 Å². The Morgan fingerprint density at radius 3 is 2.71 bits per heavy atom. The Bertz CT molecular complexity index is 306. The lowest BCUT2D eigenvalue weighted by Crippen LogP contribution is -2.41. The number of amides is 1. The summed E-state index contributed by atoms with van der Waals surface area (Å²) in [5, 5.41) is 0.153. The van der Waals surface area contributed by atoms with Crippen molar-refractivity contribution in [3.63, 3.8) is 0 Å². The Hall–Kier alpha value is -0.330. The quantitative estimate of drug-likeness (QED) is 0.709. The molecule has 1 atom stereocenters. The number of hydrogen-bond donors (Lipinski definition) is 0. The molecule has 2 aliphatic rings. The van der Waals surface area contributed by atoms with E-state index in [1.807, 2.05) is 4.90 Å². The molecule has 4 nitrogen and oxygen atoms in total. The van der Waals surface area contributed by atoms with E-state index in [-0.39, 0.29) is 11.3 Å². The van der Waals surface area contributed by atoms with E-state index in [1.54, 1.807) is 11.8 Å². The molecular weight excluding hydrogens is 256 g/mol. The monoisotopic (exact) mass is 274 g/mol. The number of rotatable bonds is 2. The van der Waals surface area contributed by atoms with Gasteiger partial charge in [0.25, 0.3) is 0 Å². The van der Waals surface area contributed by atoms with Crippen molar-refractivity contribution < 1.29 is 9.53 Å². The first-order chi connectivity index (χ1) is 8.18. The molecule has 2 rings (SSSR count). The summed E-state index contributed by atoms with van der Waals surface area (Å²) >= 11 is 7.03. The molecular formula is C11H18N2O2S2. The molecule has 6 heteroatoms. The Balaban J connectivity index is 1.82. The molecule has 0 radical (unpaired) electrons. The molecule has 0 aromatic rings. The third-order valence-electron chi connectivity index (χ3n) is 3.09. The first kappa shape index (κ1) is 13.1. The van der Waals surface area contributed by atoms with Gasteiger partial charge in [-0.2, -0.15) is 0 Å². The number of carbonyl (C=O) groups is 1. The summed E-state index contributed by atoms with van der Waals surface area (Å²) in [6.07, 6.45) is 1.67. The molecule has 0 spiro atoms. The van der Waals surface area contributed by atoms with Gasteiger partial charge in [0, 0.05) is 26.1 Å². The van der Waals surface area contributed by atoms with Gasteiger partial charge in [-0.05, 0) is 13.3 Å². The van der Waals surface area contributed by atoms with Crippen molar-refractivity contribution in [2.45, 2.75) is 25.1 Å². The van der Waals surface area contributed by atoms with Gasteiger partial charge in [-0.3, -0.25) is 4.79 Å². The van der Waals surface area contributed by atoms with Gasteiger partial charge < -0.3 is 14.5 Å². The molecule has 2 aliphatic heterocycles. The van der Waals surface area contributed by atoms with E-state index in [9.17, 15) is 4.79 Å². The first-order valence-corrected chi connectivity index (χ1v) is 7.30. The fraction of sp³-hybridized carbons (Fsp3) is 0.818. The number of morpholine rings is 1. The fourth-order valence-corrected chi connectivity index (χ4v) is 3.66. The van der Waals surface area contributed by atoms with Crippen LogP contribution in [0.3, 0.4) is 0 Å². The van der Waals surface area contributed by atoms with Crippen molar-refractivity contribution in [1.82, 2.24) is 9.80 Å². The van der Waals surface area contributed by atoms with Crippen LogP contribution in [0.25, 0.3) is 0 Å². The van der Waals surface area contributed by atoms with E-state index >= 15 is 0 Å². The minimum Gasteiger partial charge on any atom is -0.378 e. The molecule has 0 aromatic heterocycles. The predicted molar refractivity (Wildman–Crippen MR) is 73.0 cm³/mol. The Labute approximate surface area is 112 Å². The number of thioether (sulfide) groups is 1. The number of hydrogen-bond acceptors (Lipinski definition) is 4. The van der Waals surface area contributed by atoms with E-state index in [1.165, 1.54) is 0 Å². The summed E-state index contributed by atoms with van der Waals surface area (Å²) < 4.78 is 6.19. The number of thiocarbonyl (C=S) groups is 1. The highest BCUT2D eigenvalue weighted by Crippen LogP contribution is 2.24. The van der Waals surface area contributed by atoms with Crippen LogP contribution in [-0.2, 0) is 9.53 Å². The van der Waals surface area contributed by atoms with Crippen LogP contribution in [-0.4, -0.2) is 58.2 Å². The van der Waals surface area contributed by atoms with Gasteiger partial charge >= 0.3 is 0 Å². The largest absolute Gasteiger partial charge is 0.378 e. The molecule has 17 heavy (non-hydrogen) atoms. The zero-order chi connectivity index (χ0) is 12.3. The summed E-state index contributed by atoms with van der Waals surface area (Å²) in [4.78, 5) is 15.7. The van der Waals surface area contributed by atoms with Gasteiger partial charge in [0.15, 0.2) is 0 Å². The van der Waals surface area contributed by atoms with Gasteiger partial charge in [-0.25, -0.2) is 0 Å².